The molecule has 2 aliphatic carbocycles. The van der Waals surface area contributed by atoms with Gasteiger partial charge in [0.1, 0.15) is 0 Å². The molecule has 2 aliphatic rings. The van der Waals surface area contributed by atoms with Gasteiger partial charge in [-0.05, 0) is 63.4 Å². The molecule has 0 N–H and O–H groups in total. The van der Waals surface area contributed by atoms with Crippen molar-refractivity contribution in [2.24, 2.45) is 0 Å². The lowest BCUT2D eigenvalue weighted by Gasteiger charge is -2.37. The standard InChI is InChI=1S/C45H35N3/c1-4-14-31(15-5-1)35-18-12-19-36(30-35)44-47-42(33-16-6-2-7-17-33)46-43(48-44)34-26-24-32(25-27-34)37-21-13-22-39-38-20-8-9-23-40(38)45(41(37)39)28-10-3-11-29-45/h1-2,4-9,12-27,30H,3,10-11,28-29H2. The number of aromatic nitrogens is 3. The minimum atomic E-state index is 0.0986. The first kappa shape index (κ1) is 28.5. The number of benzene rings is 6. The highest BCUT2D eigenvalue weighted by Gasteiger charge is 2.45. The van der Waals surface area contributed by atoms with Gasteiger partial charge in [-0.3, -0.25) is 0 Å². The van der Waals surface area contributed by atoms with E-state index < -0.39 is 0 Å². The summed E-state index contributed by atoms with van der Waals surface area (Å²) in [5.41, 5.74) is 13.7. The average molecular weight is 618 g/mol. The van der Waals surface area contributed by atoms with E-state index in [0.29, 0.717) is 17.5 Å². The van der Waals surface area contributed by atoms with Crippen LogP contribution in [0.15, 0.2) is 152 Å². The van der Waals surface area contributed by atoms with Crippen molar-refractivity contribution in [2.45, 2.75) is 37.5 Å². The van der Waals surface area contributed by atoms with Crippen molar-refractivity contribution in [1.82, 2.24) is 15.0 Å². The van der Waals surface area contributed by atoms with Crippen LogP contribution in [-0.4, -0.2) is 15.0 Å². The fraction of sp³-hybridized carbons (Fsp3) is 0.133. The molecular weight excluding hydrogens is 583 g/mol. The van der Waals surface area contributed by atoms with Crippen molar-refractivity contribution in [3.8, 4) is 67.5 Å². The number of nitrogens with zero attached hydrogens (tertiary/aromatic N) is 3. The molecule has 3 heteroatoms. The summed E-state index contributed by atoms with van der Waals surface area (Å²) in [4.78, 5) is 15.1. The summed E-state index contributed by atoms with van der Waals surface area (Å²) in [5, 5.41) is 0. The summed E-state index contributed by atoms with van der Waals surface area (Å²) in [6.45, 7) is 0. The normalized spacial score (nSPS) is 14.4. The molecule has 1 aromatic heterocycles. The Bertz CT molecular complexity index is 2250. The molecule has 1 spiro atoms. The van der Waals surface area contributed by atoms with E-state index in [1.54, 1.807) is 0 Å². The van der Waals surface area contributed by atoms with Gasteiger partial charge in [-0.15, -0.1) is 0 Å². The minimum absolute atomic E-state index is 0.0986. The van der Waals surface area contributed by atoms with Gasteiger partial charge < -0.3 is 0 Å². The Morgan fingerprint density at radius 2 is 0.854 bits per heavy atom. The van der Waals surface area contributed by atoms with Gasteiger partial charge in [-0.2, -0.15) is 0 Å². The predicted octanol–water partition coefficient (Wildman–Crippen LogP) is 11.4. The van der Waals surface area contributed by atoms with E-state index in [-0.39, 0.29) is 5.41 Å². The smallest absolute Gasteiger partial charge is 0.164 e. The molecule has 1 fully saturated rings. The van der Waals surface area contributed by atoms with Crippen LogP contribution < -0.4 is 0 Å². The first-order chi connectivity index (χ1) is 23.8. The molecule has 0 aliphatic heterocycles. The molecule has 1 saturated carbocycles. The molecule has 0 amide bonds. The second-order valence-electron chi connectivity index (χ2n) is 13.1. The molecule has 0 bridgehead atoms. The quantitative estimate of drug-likeness (QED) is 0.193. The molecule has 0 unspecified atom stereocenters. The maximum absolute atomic E-state index is 5.07. The third kappa shape index (κ3) is 4.86. The van der Waals surface area contributed by atoms with Crippen molar-refractivity contribution >= 4 is 0 Å². The Kier molecular flexibility index (Phi) is 7.04. The topological polar surface area (TPSA) is 38.7 Å². The lowest BCUT2D eigenvalue weighted by atomic mass is 9.66. The zero-order valence-corrected chi connectivity index (χ0v) is 26.8. The molecule has 0 saturated heterocycles. The van der Waals surface area contributed by atoms with Gasteiger partial charge in [0.15, 0.2) is 17.5 Å². The molecule has 0 atom stereocenters. The third-order valence-electron chi connectivity index (χ3n) is 10.3. The van der Waals surface area contributed by atoms with Crippen LogP contribution in [0.5, 0.6) is 0 Å². The zero-order valence-electron chi connectivity index (χ0n) is 26.8. The van der Waals surface area contributed by atoms with Crippen molar-refractivity contribution < 1.29 is 0 Å². The summed E-state index contributed by atoms with van der Waals surface area (Å²) in [6.07, 6.45) is 6.31. The van der Waals surface area contributed by atoms with Crippen molar-refractivity contribution in [3.63, 3.8) is 0 Å². The van der Waals surface area contributed by atoms with Gasteiger partial charge in [0.25, 0.3) is 0 Å². The van der Waals surface area contributed by atoms with Crippen LogP contribution in [0.4, 0.5) is 0 Å². The van der Waals surface area contributed by atoms with E-state index in [0.717, 1.165) is 27.8 Å². The highest BCUT2D eigenvalue weighted by atomic mass is 15.0. The maximum Gasteiger partial charge on any atom is 0.164 e. The Balaban J connectivity index is 1.14. The Morgan fingerprint density at radius 3 is 1.58 bits per heavy atom. The maximum atomic E-state index is 5.07. The van der Waals surface area contributed by atoms with Crippen molar-refractivity contribution in [3.05, 3.63) is 163 Å². The molecule has 0 radical (unpaired) electrons. The lowest BCUT2D eigenvalue weighted by Crippen LogP contribution is -2.28. The molecule has 48 heavy (non-hydrogen) atoms. The Labute approximate surface area is 282 Å². The summed E-state index contributed by atoms with van der Waals surface area (Å²) in [6, 6.07) is 54.0. The number of rotatable bonds is 5. The third-order valence-corrected chi connectivity index (χ3v) is 10.3. The van der Waals surface area contributed by atoms with Gasteiger partial charge in [0.2, 0.25) is 0 Å². The van der Waals surface area contributed by atoms with Gasteiger partial charge in [0.05, 0.1) is 0 Å². The lowest BCUT2D eigenvalue weighted by molar-refractivity contribution is 0.353. The van der Waals surface area contributed by atoms with E-state index in [1.165, 1.54) is 65.5 Å². The predicted molar refractivity (Wildman–Crippen MR) is 196 cm³/mol. The highest BCUT2D eigenvalue weighted by molar-refractivity contribution is 5.89. The second kappa shape index (κ2) is 11.8. The molecule has 7 aromatic rings. The van der Waals surface area contributed by atoms with Crippen molar-refractivity contribution in [2.75, 3.05) is 0 Å². The number of fused-ring (bicyclic) bond motifs is 5. The summed E-state index contributed by atoms with van der Waals surface area (Å²) < 4.78 is 0. The minimum Gasteiger partial charge on any atom is -0.208 e. The summed E-state index contributed by atoms with van der Waals surface area (Å²) in [7, 11) is 0. The molecule has 6 aromatic carbocycles. The van der Waals surface area contributed by atoms with Crippen LogP contribution in [0.3, 0.4) is 0 Å². The zero-order chi connectivity index (χ0) is 31.9. The average Bonchev–Trinajstić information content (AvgIpc) is 3.44. The Hall–Kier alpha value is -5.67. The van der Waals surface area contributed by atoms with Crippen LogP contribution in [-0.2, 0) is 5.41 Å². The van der Waals surface area contributed by atoms with Crippen LogP contribution in [0.2, 0.25) is 0 Å². The van der Waals surface area contributed by atoms with Crippen LogP contribution in [0.1, 0.15) is 43.2 Å². The fourth-order valence-corrected chi connectivity index (χ4v) is 8.10. The first-order valence-electron chi connectivity index (χ1n) is 17.1. The van der Waals surface area contributed by atoms with E-state index >= 15 is 0 Å². The van der Waals surface area contributed by atoms with Crippen LogP contribution >= 0.6 is 0 Å². The van der Waals surface area contributed by atoms with Gasteiger partial charge in [-0.1, -0.05) is 165 Å². The van der Waals surface area contributed by atoms with E-state index in [9.17, 15) is 0 Å². The van der Waals surface area contributed by atoms with Crippen LogP contribution in [0.25, 0.3) is 67.5 Å². The molecule has 230 valence electrons. The van der Waals surface area contributed by atoms with Gasteiger partial charge >= 0.3 is 0 Å². The van der Waals surface area contributed by atoms with E-state index in [2.05, 4.69) is 127 Å². The number of hydrogen-bond donors (Lipinski definition) is 0. The van der Waals surface area contributed by atoms with E-state index in [4.69, 9.17) is 15.0 Å². The highest BCUT2D eigenvalue weighted by Crippen LogP contribution is 2.58. The summed E-state index contributed by atoms with van der Waals surface area (Å²) in [5.74, 6) is 2.01. The molecule has 3 nitrogen and oxygen atoms in total. The fourth-order valence-electron chi connectivity index (χ4n) is 8.10. The van der Waals surface area contributed by atoms with Crippen LogP contribution in [0, 0.1) is 0 Å². The van der Waals surface area contributed by atoms with E-state index in [1.807, 2.05) is 24.3 Å². The number of hydrogen-bond acceptors (Lipinski definition) is 3. The van der Waals surface area contributed by atoms with Gasteiger partial charge in [-0.25, -0.2) is 15.0 Å². The first-order valence-corrected chi connectivity index (χ1v) is 17.1. The monoisotopic (exact) mass is 617 g/mol. The second-order valence-corrected chi connectivity index (χ2v) is 13.1. The largest absolute Gasteiger partial charge is 0.208 e. The molecule has 9 rings (SSSR count). The molecular formula is C45H35N3. The Morgan fingerprint density at radius 1 is 0.354 bits per heavy atom. The van der Waals surface area contributed by atoms with Crippen molar-refractivity contribution in [1.29, 1.82) is 0 Å². The van der Waals surface area contributed by atoms with Gasteiger partial charge in [0, 0.05) is 22.1 Å². The molecule has 1 heterocycles. The summed E-state index contributed by atoms with van der Waals surface area (Å²) >= 11 is 0. The SMILES string of the molecule is c1ccc(-c2cccc(-c3nc(-c4ccccc4)nc(-c4ccc(-c5cccc6c5C5(CCCCC5)c5ccccc5-6)cc4)n3)c2)cc1.